The van der Waals surface area contributed by atoms with Crippen LogP contribution in [0.5, 0.6) is 5.75 Å². The highest BCUT2D eigenvalue weighted by molar-refractivity contribution is 8.03. The van der Waals surface area contributed by atoms with Crippen LogP contribution < -0.4 is 15.4 Å². The zero-order chi connectivity index (χ0) is 16.7. The van der Waals surface area contributed by atoms with E-state index in [1.54, 1.807) is 48.5 Å². The van der Waals surface area contributed by atoms with Crippen molar-refractivity contribution >= 4 is 35.0 Å². The number of nitrogens with one attached hydrogen (secondary N) is 2. The molecule has 2 aromatic carbocycles. The van der Waals surface area contributed by atoms with Gasteiger partial charge in [-0.1, -0.05) is 12.1 Å². The molecule has 0 spiro atoms. The van der Waals surface area contributed by atoms with E-state index in [4.69, 9.17) is 10.00 Å². The molecule has 0 aliphatic heterocycles. The summed E-state index contributed by atoms with van der Waals surface area (Å²) < 4.78 is 5.11. The SMILES string of the molecule is COc1ccccc1NC(=O)C(=O)Nc1ccc(SC#N)cc1. The van der Waals surface area contributed by atoms with Crippen LogP contribution in [-0.4, -0.2) is 18.9 Å². The third kappa shape index (κ3) is 4.49. The van der Waals surface area contributed by atoms with Crippen molar-refractivity contribution < 1.29 is 14.3 Å². The minimum atomic E-state index is -0.801. The second-order valence-electron chi connectivity index (χ2n) is 4.33. The van der Waals surface area contributed by atoms with Crippen molar-refractivity contribution in [2.24, 2.45) is 0 Å². The first-order chi connectivity index (χ1) is 11.1. The van der Waals surface area contributed by atoms with Gasteiger partial charge in [-0.15, -0.1) is 0 Å². The first kappa shape index (κ1) is 16.4. The van der Waals surface area contributed by atoms with Crippen molar-refractivity contribution in [3.8, 4) is 11.2 Å². The maximum absolute atomic E-state index is 11.9. The smallest absolute Gasteiger partial charge is 0.314 e. The molecule has 2 amide bonds. The predicted molar refractivity (Wildman–Crippen MR) is 88.2 cm³/mol. The normalized spacial score (nSPS) is 9.57. The number of thiocyanates is 1. The topological polar surface area (TPSA) is 91.2 Å². The molecule has 0 radical (unpaired) electrons. The second-order valence-corrected chi connectivity index (χ2v) is 5.18. The van der Waals surface area contributed by atoms with E-state index in [1.807, 2.05) is 5.40 Å². The summed E-state index contributed by atoms with van der Waals surface area (Å²) in [5, 5.41) is 15.5. The molecule has 0 fully saturated rings. The van der Waals surface area contributed by atoms with Crippen molar-refractivity contribution in [1.82, 2.24) is 0 Å². The fourth-order valence-electron chi connectivity index (χ4n) is 1.77. The molecule has 0 saturated heterocycles. The number of methoxy groups -OCH3 is 1. The van der Waals surface area contributed by atoms with Crippen LogP contribution in [0.4, 0.5) is 11.4 Å². The molecule has 0 aliphatic rings. The molecule has 2 N–H and O–H groups in total. The van der Waals surface area contributed by atoms with Crippen molar-refractivity contribution in [2.45, 2.75) is 4.90 Å². The van der Waals surface area contributed by atoms with E-state index >= 15 is 0 Å². The number of para-hydroxylation sites is 2. The van der Waals surface area contributed by atoms with Crippen molar-refractivity contribution in [3.63, 3.8) is 0 Å². The summed E-state index contributed by atoms with van der Waals surface area (Å²) in [6.45, 7) is 0. The highest BCUT2D eigenvalue weighted by atomic mass is 32.2. The number of carbonyl (C=O) groups excluding carboxylic acids is 2. The van der Waals surface area contributed by atoms with Gasteiger partial charge in [0.25, 0.3) is 0 Å². The van der Waals surface area contributed by atoms with E-state index in [0.29, 0.717) is 17.1 Å². The van der Waals surface area contributed by atoms with Gasteiger partial charge in [0.05, 0.1) is 12.8 Å². The van der Waals surface area contributed by atoms with Crippen LogP contribution >= 0.6 is 11.8 Å². The van der Waals surface area contributed by atoms with Gasteiger partial charge < -0.3 is 15.4 Å². The molecule has 0 heterocycles. The van der Waals surface area contributed by atoms with Crippen molar-refractivity contribution in [2.75, 3.05) is 17.7 Å². The molecular weight excluding hydrogens is 314 g/mol. The minimum Gasteiger partial charge on any atom is -0.495 e. The lowest BCUT2D eigenvalue weighted by molar-refractivity contribution is -0.133. The Morgan fingerprint density at radius 2 is 1.70 bits per heavy atom. The van der Waals surface area contributed by atoms with Crippen LogP contribution in [0.25, 0.3) is 0 Å². The number of thioether (sulfide) groups is 1. The molecule has 6 nitrogen and oxygen atoms in total. The Morgan fingerprint density at radius 1 is 1.04 bits per heavy atom. The zero-order valence-corrected chi connectivity index (χ0v) is 13.0. The summed E-state index contributed by atoms with van der Waals surface area (Å²) in [5.41, 5.74) is 0.878. The van der Waals surface area contributed by atoms with Gasteiger partial charge >= 0.3 is 11.8 Å². The van der Waals surface area contributed by atoms with Gasteiger partial charge in [0.15, 0.2) is 0 Å². The molecule has 7 heteroatoms. The average Bonchev–Trinajstić information content (AvgIpc) is 2.57. The van der Waals surface area contributed by atoms with E-state index in [1.165, 1.54) is 7.11 Å². The van der Waals surface area contributed by atoms with Gasteiger partial charge in [0.1, 0.15) is 11.2 Å². The fraction of sp³-hybridized carbons (Fsp3) is 0.0625. The Balaban J connectivity index is 2.00. The Kier molecular flexibility index (Phi) is 5.61. The highest BCUT2D eigenvalue weighted by Crippen LogP contribution is 2.23. The van der Waals surface area contributed by atoms with Crippen LogP contribution in [0.1, 0.15) is 0 Å². The number of ether oxygens (including phenoxy) is 1. The summed E-state index contributed by atoms with van der Waals surface area (Å²) in [4.78, 5) is 24.6. The van der Waals surface area contributed by atoms with Crippen LogP contribution in [-0.2, 0) is 9.59 Å². The molecule has 2 aromatic rings. The molecule has 0 saturated carbocycles. The Bertz CT molecular complexity index is 754. The number of benzene rings is 2. The largest absolute Gasteiger partial charge is 0.495 e. The highest BCUT2D eigenvalue weighted by Gasteiger charge is 2.15. The van der Waals surface area contributed by atoms with Crippen LogP contribution in [0, 0.1) is 10.7 Å². The van der Waals surface area contributed by atoms with Gasteiger partial charge in [-0.05, 0) is 48.2 Å². The van der Waals surface area contributed by atoms with E-state index in [2.05, 4.69) is 10.6 Å². The van der Waals surface area contributed by atoms with Crippen molar-refractivity contribution in [1.29, 1.82) is 5.26 Å². The maximum atomic E-state index is 11.9. The minimum absolute atomic E-state index is 0.413. The summed E-state index contributed by atoms with van der Waals surface area (Å²) in [5.74, 6) is -1.13. The number of hydrogen-bond acceptors (Lipinski definition) is 5. The van der Waals surface area contributed by atoms with E-state index in [9.17, 15) is 9.59 Å². The van der Waals surface area contributed by atoms with Crippen LogP contribution in [0.2, 0.25) is 0 Å². The maximum Gasteiger partial charge on any atom is 0.314 e. The average molecular weight is 327 g/mol. The van der Waals surface area contributed by atoms with E-state index in [0.717, 1.165) is 16.7 Å². The Hall–Kier alpha value is -2.98. The molecular formula is C16H13N3O3S. The molecule has 0 unspecified atom stereocenters. The first-order valence-corrected chi connectivity index (χ1v) is 7.37. The van der Waals surface area contributed by atoms with E-state index < -0.39 is 11.8 Å². The predicted octanol–water partition coefficient (Wildman–Crippen LogP) is 2.85. The van der Waals surface area contributed by atoms with Gasteiger partial charge in [-0.3, -0.25) is 9.59 Å². The third-order valence-electron chi connectivity index (χ3n) is 2.84. The zero-order valence-electron chi connectivity index (χ0n) is 12.2. The lowest BCUT2D eigenvalue weighted by Crippen LogP contribution is -2.29. The number of hydrogen-bond donors (Lipinski definition) is 2. The van der Waals surface area contributed by atoms with Crippen LogP contribution in [0.3, 0.4) is 0 Å². The molecule has 23 heavy (non-hydrogen) atoms. The molecule has 0 aromatic heterocycles. The lowest BCUT2D eigenvalue weighted by Gasteiger charge is -2.10. The number of nitrogens with zero attached hydrogens (tertiary/aromatic N) is 1. The monoisotopic (exact) mass is 327 g/mol. The lowest BCUT2D eigenvalue weighted by atomic mass is 10.3. The molecule has 116 valence electrons. The Labute approximate surface area is 137 Å². The number of amides is 2. The van der Waals surface area contributed by atoms with Gasteiger partial charge in [-0.2, -0.15) is 5.26 Å². The first-order valence-electron chi connectivity index (χ1n) is 6.55. The number of anilines is 2. The molecule has 0 aliphatic carbocycles. The van der Waals surface area contributed by atoms with Gasteiger partial charge in [0.2, 0.25) is 0 Å². The summed E-state index contributed by atoms with van der Waals surface area (Å²) >= 11 is 1.01. The Morgan fingerprint density at radius 3 is 2.35 bits per heavy atom. The number of rotatable bonds is 4. The number of nitriles is 1. The van der Waals surface area contributed by atoms with Crippen LogP contribution in [0.15, 0.2) is 53.4 Å². The third-order valence-corrected chi connectivity index (χ3v) is 3.44. The van der Waals surface area contributed by atoms with Gasteiger partial charge in [0, 0.05) is 10.6 Å². The van der Waals surface area contributed by atoms with Gasteiger partial charge in [-0.25, -0.2) is 0 Å². The fourth-order valence-corrected chi connectivity index (χ4v) is 2.15. The molecule has 0 bridgehead atoms. The summed E-state index contributed by atoms with van der Waals surface area (Å²) in [7, 11) is 1.48. The second kappa shape index (κ2) is 7.87. The molecule has 2 rings (SSSR count). The quantitative estimate of drug-likeness (QED) is 0.512. The number of carbonyl (C=O) groups is 2. The van der Waals surface area contributed by atoms with Crippen molar-refractivity contribution in [3.05, 3.63) is 48.5 Å². The summed E-state index contributed by atoms with van der Waals surface area (Å²) in [6.07, 6.45) is 0. The standard InChI is InChI=1S/C16H13N3O3S/c1-22-14-5-3-2-4-13(14)19-16(21)15(20)18-11-6-8-12(9-7-11)23-10-17/h2-9H,1H3,(H,18,20)(H,19,21). The summed E-state index contributed by atoms with van der Waals surface area (Å²) in [6, 6.07) is 13.4. The molecule has 0 atom stereocenters. The van der Waals surface area contributed by atoms with E-state index in [-0.39, 0.29) is 0 Å².